The lowest BCUT2D eigenvalue weighted by molar-refractivity contribution is -0.0494. The van der Waals surface area contributed by atoms with Crippen molar-refractivity contribution >= 4 is 40.0 Å². The Morgan fingerprint density at radius 3 is 2.19 bits per heavy atom. The first kappa shape index (κ1) is 27.9. The van der Waals surface area contributed by atoms with Gasteiger partial charge in [-0.2, -0.15) is 17.5 Å². The van der Waals surface area contributed by atoms with Gasteiger partial charge in [-0.1, -0.05) is 24.3 Å². The molecular weight excluding hydrogens is 546 g/mol. The van der Waals surface area contributed by atoms with Crippen molar-refractivity contribution in [3.8, 4) is 0 Å². The Bertz CT molecular complexity index is 809. The Balaban J connectivity index is 0.00000480. The van der Waals surface area contributed by atoms with E-state index in [1.807, 2.05) is 33.2 Å². The van der Waals surface area contributed by atoms with E-state index in [1.165, 1.54) is 5.56 Å². The Morgan fingerprint density at radius 1 is 1.16 bits per heavy atom. The third-order valence-electron chi connectivity index (χ3n) is 4.71. The summed E-state index contributed by atoms with van der Waals surface area (Å²) in [6, 6.07) is 8.01. The van der Waals surface area contributed by atoms with Crippen LogP contribution in [0.5, 0.6) is 0 Å². The van der Waals surface area contributed by atoms with Gasteiger partial charge in [0.15, 0.2) is 5.96 Å². The first-order valence-corrected chi connectivity index (χ1v) is 11.3. The molecule has 0 unspecified atom stereocenters. The van der Waals surface area contributed by atoms with Crippen LogP contribution in [0.4, 0.5) is 13.2 Å². The molecule has 2 N–H and O–H groups in total. The first-order chi connectivity index (χ1) is 14.0. The molecule has 0 amide bonds. The fourth-order valence-corrected chi connectivity index (χ4v) is 4.17. The number of halogens is 4. The van der Waals surface area contributed by atoms with E-state index in [4.69, 9.17) is 0 Å². The molecule has 178 valence electrons. The molecule has 0 aliphatic carbocycles. The van der Waals surface area contributed by atoms with Gasteiger partial charge in [0, 0.05) is 32.2 Å². The lowest BCUT2D eigenvalue weighted by atomic mass is 10.1. The molecule has 1 aliphatic rings. The molecule has 0 radical (unpaired) electrons. The number of guanidine groups is 1. The predicted octanol–water partition coefficient (Wildman–Crippen LogP) is 2.74. The minimum Gasteiger partial charge on any atom is -0.357 e. The van der Waals surface area contributed by atoms with Crippen molar-refractivity contribution in [2.45, 2.75) is 44.4 Å². The minimum absolute atomic E-state index is 0. The lowest BCUT2D eigenvalue weighted by Gasteiger charge is -2.32. The zero-order valence-corrected chi connectivity index (χ0v) is 21.1. The molecule has 1 aromatic carbocycles. The molecule has 0 bridgehead atoms. The number of aliphatic imine (C=N–C) groups is 1. The van der Waals surface area contributed by atoms with E-state index in [2.05, 4.69) is 32.7 Å². The van der Waals surface area contributed by atoms with Crippen LogP contribution < -0.4 is 10.6 Å². The Labute approximate surface area is 199 Å². The molecule has 0 spiro atoms. The van der Waals surface area contributed by atoms with Gasteiger partial charge in [0.25, 0.3) is 0 Å². The van der Waals surface area contributed by atoms with E-state index in [0.29, 0.717) is 23.4 Å². The van der Waals surface area contributed by atoms with Crippen molar-refractivity contribution in [1.82, 2.24) is 19.8 Å². The van der Waals surface area contributed by atoms with Crippen molar-refractivity contribution in [2.24, 2.45) is 4.99 Å². The average Bonchev–Trinajstić information content (AvgIpc) is 2.66. The van der Waals surface area contributed by atoms with Crippen molar-refractivity contribution in [2.75, 3.05) is 33.7 Å². The molecule has 1 aliphatic heterocycles. The molecule has 1 aromatic rings. The standard InChI is InChI=1S/C19H30F3N5O2S.HI/c1-4-23-18(24-13-15-5-7-16(8-6-15)14-26(2)3)25-17-9-11-27(12-10-17)30(28,29)19(20,21)22;/h5-8,17H,4,9-14H2,1-3H3,(H2,23,24,25);1H. The second kappa shape index (κ2) is 12.2. The van der Waals surface area contributed by atoms with E-state index < -0.39 is 15.5 Å². The first-order valence-electron chi connectivity index (χ1n) is 9.86. The number of alkyl halides is 3. The molecule has 2 rings (SSSR count). The van der Waals surface area contributed by atoms with Crippen molar-refractivity contribution in [1.29, 1.82) is 0 Å². The number of sulfonamides is 1. The summed E-state index contributed by atoms with van der Waals surface area (Å²) < 4.78 is 61.6. The van der Waals surface area contributed by atoms with Crippen LogP contribution >= 0.6 is 24.0 Å². The smallest absolute Gasteiger partial charge is 0.357 e. The SMILES string of the molecule is CCNC(=NCc1ccc(CN(C)C)cc1)NC1CCN(S(=O)(=O)C(F)(F)F)CC1.I. The fraction of sp³-hybridized carbons (Fsp3) is 0.632. The molecule has 12 heteroatoms. The number of hydrogen-bond acceptors (Lipinski definition) is 4. The highest BCUT2D eigenvalue weighted by Gasteiger charge is 2.50. The minimum atomic E-state index is -5.26. The maximum absolute atomic E-state index is 12.7. The third-order valence-corrected chi connectivity index (χ3v) is 6.34. The zero-order chi connectivity index (χ0) is 22.4. The van der Waals surface area contributed by atoms with Gasteiger partial charge in [0.05, 0.1) is 6.54 Å². The Morgan fingerprint density at radius 2 is 1.71 bits per heavy atom. The molecule has 0 saturated carbocycles. The maximum Gasteiger partial charge on any atom is 0.511 e. The van der Waals surface area contributed by atoms with Crippen LogP contribution in [0.1, 0.15) is 30.9 Å². The van der Waals surface area contributed by atoms with Crippen molar-refractivity contribution in [3.63, 3.8) is 0 Å². The van der Waals surface area contributed by atoms with E-state index in [0.717, 1.165) is 12.1 Å². The summed E-state index contributed by atoms with van der Waals surface area (Å²) in [7, 11) is -1.24. The molecule has 0 atom stereocenters. The second-order valence-corrected chi connectivity index (χ2v) is 9.45. The highest BCUT2D eigenvalue weighted by atomic mass is 127. The Hall–Kier alpha value is -1.12. The third kappa shape index (κ3) is 8.39. The van der Waals surface area contributed by atoms with Gasteiger partial charge in [-0.3, -0.25) is 0 Å². The maximum atomic E-state index is 12.7. The largest absolute Gasteiger partial charge is 0.511 e. The summed E-state index contributed by atoms with van der Waals surface area (Å²) >= 11 is 0. The summed E-state index contributed by atoms with van der Waals surface area (Å²) in [6.07, 6.45) is 0.553. The highest BCUT2D eigenvalue weighted by Crippen LogP contribution is 2.28. The van der Waals surface area contributed by atoms with E-state index in [9.17, 15) is 21.6 Å². The molecule has 1 saturated heterocycles. The number of nitrogens with one attached hydrogen (secondary N) is 2. The molecular formula is C19H31F3IN5O2S. The van der Waals surface area contributed by atoms with E-state index in [-0.39, 0.29) is 55.9 Å². The number of nitrogens with zero attached hydrogens (tertiary/aromatic N) is 3. The van der Waals surface area contributed by atoms with Gasteiger partial charge in [-0.25, -0.2) is 13.4 Å². The Kier molecular flexibility index (Phi) is 11.0. The van der Waals surface area contributed by atoms with Gasteiger partial charge in [-0.15, -0.1) is 24.0 Å². The summed E-state index contributed by atoms with van der Waals surface area (Å²) in [5, 5.41) is 6.33. The summed E-state index contributed by atoms with van der Waals surface area (Å²) in [5.74, 6) is 0.562. The summed E-state index contributed by atoms with van der Waals surface area (Å²) in [4.78, 5) is 6.64. The summed E-state index contributed by atoms with van der Waals surface area (Å²) in [5.41, 5.74) is -3.01. The van der Waals surface area contributed by atoms with Crippen LogP contribution in [0.2, 0.25) is 0 Å². The molecule has 1 fully saturated rings. The van der Waals surface area contributed by atoms with Crippen LogP contribution in [0.3, 0.4) is 0 Å². The number of hydrogen-bond donors (Lipinski definition) is 2. The van der Waals surface area contributed by atoms with E-state index in [1.54, 1.807) is 0 Å². The van der Waals surface area contributed by atoms with Crippen molar-refractivity contribution in [3.05, 3.63) is 35.4 Å². The van der Waals surface area contributed by atoms with Gasteiger partial charge in [0.2, 0.25) is 0 Å². The molecule has 0 aromatic heterocycles. The number of benzene rings is 1. The van der Waals surface area contributed by atoms with Gasteiger partial charge in [-0.05, 0) is 45.0 Å². The van der Waals surface area contributed by atoms with Gasteiger partial charge in [0.1, 0.15) is 0 Å². The average molecular weight is 577 g/mol. The normalized spacial score (nSPS) is 16.8. The van der Waals surface area contributed by atoms with Gasteiger partial charge >= 0.3 is 15.5 Å². The van der Waals surface area contributed by atoms with Crippen LogP contribution in [0, 0.1) is 0 Å². The van der Waals surface area contributed by atoms with Crippen molar-refractivity contribution < 1.29 is 21.6 Å². The lowest BCUT2D eigenvalue weighted by Crippen LogP contribution is -2.51. The molecule has 7 nitrogen and oxygen atoms in total. The topological polar surface area (TPSA) is 77.0 Å². The highest BCUT2D eigenvalue weighted by molar-refractivity contribution is 14.0. The van der Waals surface area contributed by atoms with Crippen LogP contribution in [-0.2, 0) is 23.1 Å². The summed E-state index contributed by atoms with van der Waals surface area (Å²) in [6.45, 7) is 3.52. The predicted molar refractivity (Wildman–Crippen MR) is 127 cm³/mol. The quantitative estimate of drug-likeness (QED) is 0.296. The number of piperidine rings is 1. The number of rotatable bonds is 7. The van der Waals surface area contributed by atoms with E-state index >= 15 is 0 Å². The fourth-order valence-electron chi connectivity index (χ4n) is 3.19. The molecule has 31 heavy (non-hydrogen) atoms. The van der Waals surface area contributed by atoms with Crippen LogP contribution in [0.25, 0.3) is 0 Å². The van der Waals surface area contributed by atoms with Gasteiger partial charge < -0.3 is 15.5 Å². The molecule has 1 heterocycles. The second-order valence-electron chi connectivity index (χ2n) is 7.52. The van der Waals surface area contributed by atoms with Crippen LogP contribution in [0.15, 0.2) is 29.3 Å². The van der Waals surface area contributed by atoms with Crippen LogP contribution in [-0.4, -0.2) is 68.9 Å². The zero-order valence-electron chi connectivity index (χ0n) is 17.9. The monoisotopic (exact) mass is 577 g/mol.